The standard InChI is InChI=1S/C16H16N4O2S/c1-3-11-7-15(22)20(9-17-11)8-14(21)19-16-18-12-5-4-10(2)6-13(12)23-16/h4-7,9H,3,8H2,1-2H3,(H,18,19,21). The Hall–Kier alpha value is -2.54. The van der Waals surface area contributed by atoms with E-state index in [1.54, 1.807) is 0 Å². The van der Waals surface area contributed by atoms with Gasteiger partial charge in [0.15, 0.2) is 5.13 Å². The zero-order chi connectivity index (χ0) is 16.4. The van der Waals surface area contributed by atoms with E-state index >= 15 is 0 Å². The Morgan fingerprint density at radius 1 is 1.35 bits per heavy atom. The Kier molecular flexibility index (Phi) is 4.20. The van der Waals surface area contributed by atoms with E-state index < -0.39 is 0 Å². The number of fused-ring (bicyclic) bond motifs is 1. The predicted molar refractivity (Wildman–Crippen MR) is 90.9 cm³/mol. The topological polar surface area (TPSA) is 76.9 Å². The van der Waals surface area contributed by atoms with Crippen molar-refractivity contribution in [1.29, 1.82) is 0 Å². The van der Waals surface area contributed by atoms with Gasteiger partial charge < -0.3 is 5.32 Å². The lowest BCUT2D eigenvalue weighted by atomic mass is 10.2. The minimum atomic E-state index is -0.297. The van der Waals surface area contributed by atoms with Crippen LogP contribution in [0.1, 0.15) is 18.2 Å². The molecule has 7 heteroatoms. The van der Waals surface area contributed by atoms with Crippen LogP contribution < -0.4 is 10.9 Å². The van der Waals surface area contributed by atoms with Gasteiger partial charge in [-0.2, -0.15) is 0 Å². The molecule has 1 aromatic carbocycles. The van der Waals surface area contributed by atoms with Crippen molar-refractivity contribution in [1.82, 2.24) is 14.5 Å². The maximum Gasteiger partial charge on any atom is 0.253 e. The van der Waals surface area contributed by atoms with Gasteiger partial charge in [0.25, 0.3) is 5.56 Å². The van der Waals surface area contributed by atoms with Gasteiger partial charge in [0.2, 0.25) is 5.91 Å². The van der Waals surface area contributed by atoms with Gasteiger partial charge in [0.05, 0.1) is 16.5 Å². The van der Waals surface area contributed by atoms with Crippen LogP contribution in [-0.4, -0.2) is 20.4 Å². The van der Waals surface area contributed by atoms with Crippen LogP contribution in [0.2, 0.25) is 0 Å². The maximum absolute atomic E-state index is 12.1. The van der Waals surface area contributed by atoms with Crippen molar-refractivity contribution in [3.8, 4) is 0 Å². The van der Waals surface area contributed by atoms with Crippen LogP contribution in [0.5, 0.6) is 0 Å². The molecule has 1 amide bonds. The van der Waals surface area contributed by atoms with Gasteiger partial charge in [-0.1, -0.05) is 24.3 Å². The lowest BCUT2D eigenvalue weighted by Gasteiger charge is -2.05. The van der Waals surface area contributed by atoms with Crippen molar-refractivity contribution < 1.29 is 4.79 Å². The van der Waals surface area contributed by atoms with Gasteiger partial charge in [-0.15, -0.1) is 0 Å². The quantitative estimate of drug-likeness (QED) is 0.797. The SMILES string of the molecule is CCc1cc(=O)n(CC(=O)Nc2nc3ccc(C)cc3s2)cn1. The Morgan fingerprint density at radius 2 is 2.17 bits per heavy atom. The summed E-state index contributed by atoms with van der Waals surface area (Å²) in [6.07, 6.45) is 2.09. The number of carbonyl (C=O) groups is 1. The third kappa shape index (κ3) is 3.45. The predicted octanol–water partition coefficient (Wildman–Crippen LogP) is 2.36. The molecule has 1 N–H and O–H groups in total. The maximum atomic E-state index is 12.1. The number of aryl methyl sites for hydroxylation is 2. The molecule has 0 aliphatic rings. The summed E-state index contributed by atoms with van der Waals surface area (Å²) in [7, 11) is 0. The molecule has 0 aliphatic heterocycles. The van der Waals surface area contributed by atoms with E-state index in [1.807, 2.05) is 32.0 Å². The Bertz CT molecular complexity index is 929. The van der Waals surface area contributed by atoms with Crippen LogP contribution in [-0.2, 0) is 17.8 Å². The smallest absolute Gasteiger partial charge is 0.253 e. The molecule has 118 valence electrons. The highest BCUT2D eigenvalue weighted by atomic mass is 32.1. The van der Waals surface area contributed by atoms with Crippen molar-refractivity contribution in [2.24, 2.45) is 0 Å². The molecule has 0 saturated carbocycles. The summed E-state index contributed by atoms with van der Waals surface area (Å²) in [5.74, 6) is -0.297. The second kappa shape index (κ2) is 6.29. The van der Waals surface area contributed by atoms with Crippen LogP contribution >= 0.6 is 11.3 Å². The van der Waals surface area contributed by atoms with Crippen LogP contribution in [0.25, 0.3) is 10.2 Å². The lowest BCUT2D eigenvalue weighted by molar-refractivity contribution is -0.116. The number of rotatable bonds is 4. The molecule has 3 aromatic rings. The van der Waals surface area contributed by atoms with E-state index in [0.717, 1.165) is 15.8 Å². The molecule has 0 aliphatic carbocycles. The molecule has 3 rings (SSSR count). The van der Waals surface area contributed by atoms with Crippen LogP contribution in [0, 0.1) is 6.92 Å². The van der Waals surface area contributed by atoms with Crippen molar-refractivity contribution in [3.63, 3.8) is 0 Å². The summed E-state index contributed by atoms with van der Waals surface area (Å²) in [4.78, 5) is 32.5. The third-order valence-corrected chi connectivity index (χ3v) is 4.34. The molecule has 0 fully saturated rings. The van der Waals surface area contributed by atoms with Crippen molar-refractivity contribution in [3.05, 3.63) is 52.2 Å². The van der Waals surface area contributed by atoms with Crippen LogP contribution in [0.4, 0.5) is 5.13 Å². The number of amides is 1. The number of carbonyl (C=O) groups excluding carboxylic acids is 1. The van der Waals surface area contributed by atoms with Gasteiger partial charge in [0.1, 0.15) is 6.54 Å². The molecular formula is C16H16N4O2S. The molecule has 0 radical (unpaired) electrons. The Morgan fingerprint density at radius 3 is 2.91 bits per heavy atom. The summed E-state index contributed by atoms with van der Waals surface area (Å²) < 4.78 is 2.30. The Balaban J connectivity index is 1.74. The molecule has 0 saturated heterocycles. The number of nitrogens with one attached hydrogen (secondary N) is 1. The zero-order valence-electron chi connectivity index (χ0n) is 12.9. The number of aromatic nitrogens is 3. The second-order valence-corrected chi connectivity index (χ2v) is 6.27. The van der Waals surface area contributed by atoms with E-state index in [0.29, 0.717) is 17.2 Å². The molecule has 2 heterocycles. The van der Waals surface area contributed by atoms with Gasteiger partial charge in [-0.05, 0) is 31.0 Å². The monoisotopic (exact) mass is 328 g/mol. The molecule has 0 bridgehead atoms. The molecule has 23 heavy (non-hydrogen) atoms. The number of thiazole rings is 1. The largest absolute Gasteiger partial charge is 0.300 e. The molecule has 2 aromatic heterocycles. The minimum absolute atomic E-state index is 0.0786. The van der Waals surface area contributed by atoms with Crippen molar-refractivity contribution in [2.45, 2.75) is 26.8 Å². The highest BCUT2D eigenvalue weighted by Crippen LogP contribution is 2.26. The fraction of sp³-hybridized carbons (Fsp3) is 0.250. The Labute approximate surface area is 136 Å². The van der Waals surface area contributed by atoms with Gasteiger partial charge in [-0.25, -0.2) is 9.97 Å². The molecule has 6 nitrogen and oxygen atoms in total. The second-order valence-electron chi connectivity index (χ2n) is 5.24. The molecule has 0 atom stereocenters. The van der Waals surface area contributed by atoms with E-state index in [2.05, 4.69) is 15.3 Å². The first kappa shape index (κ1) is 15.4. The first-order valence-corrected chi connectivity index (χ1v) is 8.09. The first-order chi connectivity index (χ1) is 11.0. The molecule has 0 spiro atoms. The summed E-state index contributed by atoms with van der Waals surface area (Å²) in [5, 5.41) is 3.27. The fourth-order valence-electron chi connectivity index (χ4n) is 2.17. The molecule has 0 unspecified atom stereocenters. The summed E-state index contributed by atoms with van der Waals surface area (Å²) in [5.41, 5.74) is 2.48. The zero-order valence-corrected chi connectivity index (χ0v) is 13.7. The molecular weight excluding hydrogens is 312 g/mol. The van der Waals surface area contributed by atoms with Crippen molar-refractivity contribution in [2.75, 3.05) is 5.32 Å². The number of anilines is 1. The lowest BCUT2D eigenvalue weighted by Crippen LogP contribution is -2.27. The summed E-state index contributed by atoms with van der Waals surface area (Å²) in [6, 6.07) is 7.39. The average Bonchev–Trinajstić information content (AvgIpc) is 2.90. The highest BCUT2D eigenvalue weighted by molar-refractivity contribution is 7.22. The van der Waals surface area contributed by atoms with E-state index in [-0.39, 0.29) is 18.0 Å². The van der Waals surface area contributed by atoms with Crippen LogP contribution in [0.3, 0.4) is 0 Å². The number of nitrogens with zero attached hydrogens (tertiary/aromatic N) is 3. The van der Waals surface area contributed by atoms with Crippen LogP contribution in [0.15, 0.2) is 35.4 Å². The van der Waals surface area contributed by atoms with E-state index in [9.17, 15) is 9.59 Å². The fourth-order valence-corrected chi connectivity index (χ4v) is 3.15. The number of benzene rings is 1. The van der Waals surface area contributed by atoms with E-state index in [1.165, 1.54) is 28.3 Å². The normalized spacial score (nSPS) is 10.9. The van der Waals surface area contributed by atoms with Crippen molar-refractivity contribution >= 4 is 32.6 Å². The average molecular weight is 328 g/mol. The number of hydrogen-bond donors (Lipinski definition) is 1. The summed E-state index contributed by atoms with van der Waals surface area (Å²) >= 11 is 1.41. The highest BCUT2D eigenvalue weighted by Gasteiger charge is 2.10. The number of hydrogen-bond acceptors (Lipinski definition) is 5. The van der Waals surface area contributed by atoms with Gasteiger partial charge in [-0.3, -0.25) is 14.2 Å². The van der Waals surface area contributed by atoms with Gasteiger partial charge >= 0.3 is 0 Å². The first-order valence-electron chi connectivity index (χ1n) is 7.27. The minimum Gasteiger partial charge on any atom is -0.300 e. The third-order valence-electron chi connectivity index (χ3n) is 3.40. The van der Waals surface area contributed by atoms with Gasteiger partial charge in [0, 0.05) is 11.8 Å². The van der Waals surface area contributed by atoms with E-state index in [4.69, 9.17) is 0 Å². The summed E-state index contributed by atoms with van der Waals surface area (Å²) in [6.45, 7) is 3.86.